The molecule has 0 saturated carbocycles. The fourth-order valence-electron chi connectivity index (χ4n) is 2.61. The molecule has 7 heteroatoms. The first-order valence-corrected chi connectivity index (χ1v) is 6.99. The van der Waals surface area contributed by atoms with E-state index in [2.05, 4.69) is 15.1 Å². The molecule has 0 radical (unpaired) electrons. The number of hydrogen-bond acceptors (Lipinski definition) is 5. The van der Waals surface area contributed by atoms with Crippen LogP contribution >= 0.6 is 0 Å². The average molecular weight is 295 g/mol. The van der Waals surface area contributed by atoms with Crippen molar-refractivity contribution >= 4 is 28.3 Å². The van der Waals surface area contributed by atoms with Crippen LogP contribution in [0.5, 0.6) is 0 Å². The van der Waals surface area contributed by atoms with Crippen molar-refractivity contribution in [2.24, 2.45) is 0 Å². The Bertz CT molecular complexity index is 1030. The third-order valence-electron chi connectivity index (χ3n) is 3.58. The molecular formula is C15H13N5O2. The third-order valence-corrected chi connectivity index (χ3v) is 3.58. The summed E-state index contributed by atoms with van der Waals surface area (Å²) in [6, 6.07) is 7.72. The number of para-hydroxylation sites is 1. The number of hydrogen-bond donors (Lipinski definition) is 0. The second kappa shape index (κ2) is 4.52. The summed E-state index contributed by atoms with van der Waals surface area (Å²) in [6.07, 6.45) is 1.67. The Morgan fingerprint density at radius 2 is 2.14 bits per heavy atom. The zero-order valence-corrected chi connectivity index (χ0v) is 12.1. The molecule has 0 aliphatic carbocycles. The molecule has 1 aromatic carbocycles. The van der Waals surface area contributed by atoms with E-state index in [0.717, 1.165) is 10.9 Å². The molecule has 22 heavy (non-hydrogen) atoms. The van der Waals surface area contributed by atoms with E-state index in [-0.39, 0.29) is 0 Å². The van der Waals surface area contributed by atoms with Crippen molar-refractivity contribution in [3.8, 4) is 0 Å². The van der Waals surface area contributed by atoms with Gasteiger partial charge in [-0.15, -0.1) is 5.10 Å². The second-order valence-corrected chi connectivity index (χ2v) is 4.93. The summed E-state index contributed by atoms with van der Waals surface area (Å²) < 4.78 is 8.39. The van der Waals surface area contributed by atoms with Crippen molar-refractivity contribution in [2.75, 3.05) is 6.61 Å². The number of benzene rings is 1. The van der Waals surface area contributed by atoms with Gasteiger partial charge in [0.2, 0.25) is 5.78 Å². The molecule has 0 spiro atoms. The van der Waals surface area contributed by atoms with Crippen LogP contribution in [0.25, 0.3) is 22.3 Å². The lowest BCUT2D eigenvalue weighted by molar-refractivity contribution is 0.0516. The van der Waals surface area contributed by atoms with Gasteiger partial charge in [0.1, 0.15) is 6.33 Å². The molecule has 4 aromatic rings. The van der Waals surface area contributed by atoms with Crippen LogP contribution in [0.15, 0.2) is 30.6 Å². The predicted molar refractivity (Wildman–Crippen MR) is 79.9 cm³/mol. The Balaban J connectivity index is 2.09. The minimum atomic E-state index is -0.423. The fraction of sp³-hybridized carbons (Fsp3) is 0.200. The van der Waals surface area contributed by atoms with Crippen LogP contribution in [0.3, 0.4) is 0 Å². The van der Waals surface area contributed by atoms with Crippen LogP contribution in [0.4, 0.5) is 0 Å². The standard InChI is InChI=1S/C15H13N5O2/c1-3-22-14(21)12-9(2)17-15-19-8-16-11-7-5-4-6-10(11)13(19)18-20(12)15/h4-8H,3H2,1-2H3. The smallest absolute Gasteiger partial charge is 0.359 e. The number of rotatable bonds is 2. The minimum absolute atomic E-state index is 0.309. The number of ether oxygens (including phenoxy) is 1. The van der Waals surface area contributed by atoms with Crippen LogP contribution in [0, 0.1) is 6.92 Å². The molecule has 0 fully saturated rings. The quantitative estimate of drug-likeness (QED) is 0.529. The van der Waals surface area contributed by atoms with Gasteiger partial charge < -0.3 is 4.74 Å². The minimum Gasteiger partial charge on any atom is -0.461 e. The number of fused-ring (bicyclic) bond motifs is 5. The lowest BCUT2D eigenvalue weighted by atomic mass is 10.2. The van der Waals surface area contributed by atoms with Gasteiger partial charge in [-0.3, -0.25) is 4.40 Å². The first-order valence-electron chi connectivity index (χ1n) is 6.99. The lowest BCUT2D eigenvalue weighted by Gasteiger charge is -2.00. The van der Waals surface area contributed by atoms with Gasteiger partial charge in [-0.2, -0.15) is 4.52 Å². The summed E-state index contributed by atoms with van der Waals surface area (Å²) in [7, 11) is 0. The number of esters is 1. The summed E-state index contributed by atoms with van der Waals surface area (Å²) in [4.78, 5) is 21.0. The Hall–Kier alpha value is -2.96. The highest BCUT2D eigenvalue weighted by Crippen LogP contribution is 2.20. The summed E-state index contributed by atoms with van der Waals surface area (Å²) in [5, 5.41) is 5.45. The number of aryl methyl sites for hydroxylation is 1. The Morgan fingerprint density at radius 1 is 1.32 bits per heavy atom. The lowest BCUT2D eigenvalue weighted by Crippen LogP contribution is -2.10. The summed E-state index contributed by atoms with van der Waals surface area (Å²) in [5.74, 6) is 0.127. The van der Waals surface area contributed by atoms with Crippen molar-refractivity contribution in [3.63, 3.8) is 0 Å². The van der Waals surface area contributed by atoms with Crippen LogP contribution < -0.4 is 0 Å². The van der Waals surface area contributed by atoms with Gasteiger partial charge >= 0.3 is 5.97 Å². The third kappa shape index (κ3) is 1.62. The van der Waals surface area contributed by atoms with Gasteiger partial charge in [-0.25, -0.2) is 14.8 Å². The van der Waals surface area contributed by atoms with E-state index < -0.39 is 5.97 Å². The SMILES string of the molecule is CCOC(=O)c1c(C)nc2n1nc1c3ccccc3ncn12. The van der Waals surface area contributed by atoms with Gasteiger partial charge in [0.15, 0.2) is 11.3 Å². The van der Waals surface area contributed by atoms with E-state index in [0.29, 0.717) is 29.4 Å². The second-order valence-electron chi connectivity index (χ2n) is 4.93. The number of carbonyl (C=O) groups is 1. The van der Waals surface area contributed by atoms with Gasteiger partial charge in [0, 0.05) is 5.39 Å². The van der Waals surface area contributed by atoms with Gasteiger partial charge in [-0.05, 0) is 26.0 Å². The van der Waals surface area contributed by atoms with Gasteiger partial charge in [0.05, 0.1) is 17.8 Å². The van der Waals surface area contributed by atoms with Crippen LogP contribution in [0.2, 0.25) is 0 Å². The predicted octanol–water partition coefficient (Wildman–Crippen LogP) is 2.02. The molecule has 3 aromatic heterocycles. The first kappa shape index (κ1) is 12.8. The van der Waals surface area contributed by atoms with Crippen molar-refractivity contribution < 1.29 is 9.53 Å². The molecule has 0 atom stereocenters. The van der Waals surface area contributed by atoms with E-state index in [1.807, 2.05) is 24.3 Å². The maximum absolute atomic E-state index is 12.1. The molecule has 0 unspecified atom stereocenters. The topological polar surface area (TPSA) is 73.8 Å². The normalized spacial score (nSPS) is 11.5. The largest absolute Gasteiger partial charge is 0.461 e. The van der Waals surface area contributed by atoms with E-state index >= 15 is 0 Å². The van der Waals surface area contributed by atoms with Crippen LogP contribution in [-0.2, 0) is 4.74 Å². The number of aromatic nitrogens is 5. The highest BCUT2D eigenvalue weighted by atomic mass is 16.5. The molecule has 0 aliphatic rings. The first-order chi connectivity index (χ1) is 10.7. The highest BCUT2D eigenvalue weighted by Gasteiger charge is 2.22. The molecule has 4 rings (SSSR count). The highest BCUT2D eigenvalue weighted by molar-refractivity contribution is 5.93. The molecule has 7 nitrogen and oxygen atoms in total. The molecule has 0 N–H and O–H groups in total. The van der Waals surface area contributed by atoms with E-state index in [1.165, 1.54) is 4.52 Å². The average Bonchev–Trinajstić information content (AvgIpc) is 3.02. The molecular weight excluding hydrogens is 282 g/mol. The number of imidazole rings is 1. The summed E-state index contributed by atoms with van der Waals surface area (Å²) in [5.41, 5.74) is 2.49. The zero-order valence-electron chi connectivity index (χ0n) is 12.1. The van der Waals surface area contributed by atoms with Crippen LogP contribution in [-0.4, -0.2) is 36.6 Å². The molecule has 0 amide bonds. The molecule has 0 bridgehead atoms. The Morgan fingerprint density at radius 3 is 2.95 bits per heavy atom. The van der Waals surface area contributed by atoms with Crippen molar-refractivity contribution in [1.82, 2.24) is 24.0 Å². The summed E-state index contributed by atoms with van der Waals surface area (Å²) >= 11 is 0. The fourth-order valence-corrected chi connectivity index (χ4v) is 2.61. The zero-order chi connectivity index (χ0) is 15.3. The number of nitrogens with zero attached hydrogens (tertiary/aromatic N) is 5. The Kier molecular flexibility index (Phi) is 2.62. The van der Waals surface area contributed by atoms with Crippen molar-refractivity contribution in [2.45, 2.75) is 13.8 Å². The monoisotopic (exact) mass is 295 g/mol. The molecule has 0 aliphatic heterocycles. The van der Waals surface area contributed by atoms with Crippen molar-refractivity contribution in [1.29, 1.82) is 0 Å². The molecule has 3 heterocycles. The van der Waals surface area contributed by atoms with E-state index in [4.69, 9.17) is 4.74 Å². The number of carbonyl (C=O) groups excluding carboxylic acids is 1. The molecule has 0 saturated heterocycles. The Labute approximate surface area is 125 Å². The van der Waals surface area contributed by atoms with E-state index in [9.17, 15) is 4.79 Å². The maximum atomic E-state index is 12.1. The summed E-state index contributed by atoms with van der Waals surface area (Å²) in [6.45, 7) is 3.84. The van der Waals surface area contributed by atoms with E-state index in [1.54, 1.807) is 24.6 Å². The maximum Gasteiger partial charge on any atom is 0.359 e. The van der Waals surface area contributed by atoms with Gasteiger partial charge in [-0.1, -0.05) is 12.1 Å². The molecule has 110 valence electrons. The van der Waals surface area contributed by atoms with Gasteiger partial charge in [0.25, 0.3) is 0 Å². The van der Waals surface area contributed by atoms with Crippen molar-refractivity contribution in [3.05, 3.63) is 42.0 Å². The van der Waals surface area contributed by atoms with Crippen LogP contribution in [0.1, 0.15) is 23.1 Å².